The van der Waals surface area contributed by atoms with E-state index in [0.29, 0.717) is 32.5 Å². The molecule has 2 fully saturated rings. The van der Waals surface area contributed by atoms with E-state index in [2.05, 4.69) is 4.74 Å². The Bertz CT molecular complexity index is 767. The summed E-state index contributed by atoms with van der Waals surface area (Å²) in [5.41, 5.74) is 0. The molecule has 1 amide bonds. The Kier molecular flexibility index (Phi) is 5.03. The molecule has 2 aliphatic heterocycles. The van der Waals surface area contributed by atoms with Crippen molar-refractivity contribution in [2.45, 2.75) is 36.7 Å². The van der Waals surface area contributed by atoms with E-state index in [1.807, 2.05) is 6.92 Å². The number of cyclic esters (lactones) is 1. The van der Waals surface area contributed by atoms with E-state index in [4.69, 9.17) is 4.74 Å². The first-order chi connectivity index (χ1) is 11.9. The van der Waals surface area contributed by atoms with Gasteiger partial charge in [-0.25, -0.2) is 18.0 Å². The normalized spacial score (nSPS) is 22.9. The molecule has 0 N–H and O–H groups in total. The van der Waals surface area contributed by atoms with Crippen molar-refractivity contribution < 1.29 is 27.5 Å². The number of methoxy groups -OCH3 is 1. The molecule has 10 heteroatoms. The lowest BCUT2D eigenvalue weighted by molar-refractivity contribution is 0.0602. The lowest BCUT2D eigenvalue weighted by Crippen LogP contribution is -2.49. The van der Waals surface area contributed by atoms with Crippen molar-refractivity contribution in [3.8, 4) is 0 Å². The number of hydrogen-bond donors (Lipinski definition) is 0. The molecule has 0 radical (unpaired) electrons. The SMILES string of the molecule is COC(=O)c1sccc1S(=O)(=O)N1CCC(N2C(=O)OCC2C)CC1. The summed E-state index contributed by atoms with van der Waals surface area (Å²) < 4.78 is 36.8. The maximum Gasteiger partial charge on any atom is 0.410 e. The van der Waals surface area contributed by atoms with Gasteiger partial charge in [-0.1, -0.05) is 0 Å². The molecule has 0 aromatic carbocycles. The summed E-state index contributed by atoms with van der Waals surface area (Å²) in [5.74, 6) is -0.655. The van der Waals surface area contributed by atoms with E-state index in [9.17, 15) is 18.0 Å². The van der Waals surface area contributed by atoms with E-state index in [1.54, 1.807) is 10.3 Å². The van der Waals surface area contributed by atoms with Gasteiger partial charge in [0.2, 0.25) is 10.0 Å². The number of carbonyl (C=O) groups is 2. The van der Waals surface area contributed by atoms with Gasteiger partial charge in [0.25, 0.3) is 0 Å². The van der Waals surface area contributed by atoms with Crippen molar-refractivity contribution in [3.05, 3.63) is 16.3 Å². The zero-order valence-electron chi connectivity index (χ0n) is 14.0. The van der Waals surface area contributed by atoms with Crippen LogP contribution in [-0.2, 0) is 19.5 Å². The number of amides is 1. The third kappa shape index (κ3) is 3.25. The second-order valence-electron chi connectivity index (χ2n) is 6.07. The van der Waals surface area contributed by atoms with Crippen LogP contribution in [0.15, 0.2) is 16.3 Å². The number of sulfonamides is 1. The molecule has 25 heavy (non-hydrogen) atoms. The van der Waals surface area contributed by atoms with Gasteiger partial charge < -0.3 is 9.47 Å². The average Bonchev–Trinajstić information content (AvgIpc) is 3.22. The Labute approximate surface area is 150 Å². The molecule has 0 bridgehead atoms. The minimum absolute atomic E-state index is 0.00320. The van der Waals surface area contributed by atoms with Gasteiger partial charge in [-0.3, -0.25) is 4.90 Å². The molecular formula is C15H20N2O6S2. The highest BCUT2D eigenvalue weighted by molar-refractivity contribution is 7.89. The number of rotatable bonds is 4. The van der Waals surface area contributed by atoms with Crippen LogP contribution < -0.4 is 0 Å². The molecule has 1 aromatic heterocycles. The van der Waals surface area contributed by atoms with Gasteiger partial charge in [-0.05, 0) is 31.2 Å². The van der Waals surface area contributed by atoms with Crippen LogP contribution in [0, 0.1) is 0 Å². The summed E-state index contributed by atoms with van der Waals surface area (Å²) in [6.07, 6.45) is 0.742. The van der Waals surface area contributed by atoms with Gasteiger partial charge in [-0.2, -0.15) is 4.31 Å². The molecule has 2 aliphatic rings. The minimum atomic E-state index is -3.77. The van der Waals surface area contributed by atoms with Crippen molar-refractivity contribution >= 4 is 33.4 Å². The summed E-state index contributed by atoms with van der Waals surface area (Å²) in [5, 5.41) is 1.56. The summed E-state index contributed by atoms with van der Waals surface area (Å²) in [6, 6.07) is 1.40. The Hall–Kier alpha value is -1.65. The van der Waals surface area contributed by atoms with Crippen molar-refractivity contribution in [3.63, 3.8) is 0 Å². The second-order valence-corrected chi connectivity index (χ2v) is 8.90. The van der Waals surface area contributed by atoms with Crippen molar-refractivity contribution in [2.24, 2.45) is 0 Å². The number of nitrogens with zero attached hydrogens (tertiary/aromatic N) is 2. The molecule has 1 aromatic rings. The quantitative estimate of drug-likeness (QED) is 0.726. The smallest absolute Gasteiger partial charge is 0.410 e. The van der Waals surface area contributed by atoms with E-state index >= 15 is 0 Å². The van der Waals surface area contributed by atoms with E-state index in [0.717, 1.165) is 11.3 Å². The predicted octanol–water partition coefficient (Wildman–Crippen LogP) is 1.53. The minimum Gasteiger partial charge on any atom is -0.465 e. The van der Waals surface area contributed by atoms with Crippen LogP contribution in [0.3, 0.4) is 0 Å². The Morgan fingerprint density at radius 3 is 2.60 bits per heavy atom. The maximum absolute atomic E-state index is 12.9. The molecule has 1 atom stereocenters. The van der Waals surface area contributed by atoms with E-state index in [-0.39, 0.29) is 27.9 Å². The summed E-state index contributed by atoms with van der Waals surface area (Å²) in [4.78, 5) is 25.4. The van der Waals surface area contributed by atoms with Gasteiger partial charge >= 0.3 is 12.1 Å². The fraction of sp³-hybridized carbons (Fsp3) is 0.600. The summed E-state index contributed by atoms with van der Waals surface area (Å²) in [7, 11) is -2.55. The second kappa shape index (κ2) is 6.93. The van der Waals surface area contributed by atoms with Gasteiger partial charge in [0.15, 0.2) is 0 Å². The first kappa shape index (κ1) is 18.2. The molecule has 138 valence electrons. The number of ether oxygens (including phenoxy) is 2. The van der Waals surface area contributed by atoms with Crippen molar-refractivity contribution in [2.75, 3.05) is 26.8 Å². The average molecular weight is 388 g/mol. The van der Waals surface area contributed by atoms with Crippen molar-refractivity contribution in [1.29, 1.82) is 0 Å². The van der Waals surface area contributed by atoms with Crippen molar-refractivity contribution in [1.82, 2.24) is 9.21 Å². The highest BCUT2D eigenvalue weighted by Crippen LogP contribution is 2.30. The predicted molar refractivity (Wildman–Crippen MR) is 90.1 cm³/mol. The number of carbonyl (C=O) groups excluding carboxylic acids is 2. The lowest BCUT2D eigenvalue weighted by atomic mass is 10.0. The lowest BCUT2D eigenvalue weighted by Gasteiger charge is -2.36. The standard InChI is InChI=1S/C15H20N2O6S2/c1-10-9-23-15(19)17(10)11-3-6-16(7-4-11)25(20,21)12-5-8-24-13(12)14(18)22-2/h5,8,10-11H,3-4,6-7,9H2,1-2H3. The Morgan fingerprint density at radius 2 is 2.04 bits per heavy atom. The Morgan fingerprint density at radius 1 is 1.36 bits per heavy atom. The van der Waals surface area contributed by atoms with Crippen LogP contribution in [-0.4, -0.2) is 68.6 Å². The molecule has 0 aliphatic carbocycles. The molecular weight excluding hydrogens is 368 g/mol. The highest BCUT2D eigenvalue weighted by Gasteiger charge is 2.40. The van der Waals surface area contributed by atoms with E-state index < -0.39 is 16.0 Å². The van der Waals surface area contributed by atoms with Crippen LogP contribution in [0.25, 0.3) is 0 Å². The summed E-state index contributed by atoms with van der Waals surface area (Å²) >= 11 is 1.04. The molecule has 0 spiro atoms. The van der Waals surface area contributed by atoms with Crippen LogP contribution >= 0.6 is 11.3 Å². The third-order valence-corrected chi connectivity index (χ3v) is 7.53. The van der Waals surface area contributed by atoms with Gasteiger partial charge in [0.05, 0.1) is 13.2 Å². The Balaban J connectivity index is 1.73. The maximum atomic E-state index is 12.9. The number of esters is 1. The molecule has 1 unspecified atom stereocenters. The number of hydrogen-bond acceptors (Lipinski definition) is 7. The fourth-order valence-corrected chi connectivity index (χ4v) is 6.06. The van der Waals surface area contributed by atoms with Gasteiger partial charge in [0.1, 0.15) is 16.4 Å². The topological polar surface area (TPSA) is 93.2 Å². The largest absolute Gasteiger partial charge is 0.465 e. The fourth-order valence-electron chi connectivity index (χ4n) is 3.28. The molecule has 8 nitrogen and oxygen atoms in total. The van der Waals surface area contributed by atoms with E-state index in [1.165, 1.54) is 17.5 Å². The summed E-state index contributed by atoms with van der Waals surface area (Å²) in [6.45, 7) is 2.87. The highest BCUT2D eigenvalue weighted by atomic mass is 32.2. The third-order valence-electron chi connectivity index (χ3n) is 4.57. The first-order valence-corrected chi connectivity index (χ1v) is 10.3. The zero-order chi connectivity index (χ0) is 18.2. The monoisotopic (exact) mass is 388 g/mol. The molecule has 0 saturated carbocycles. The van der Waals surface area contributed by atoms with Crippen LogP contribution in [0.2, 0.25) is 0 Å². The van der Waals surface area contributed by atoms with Crippen LogP contribution in [0.1, 0.15) is 29.4 Å². The number of piperidine rings is 1. The number of thiophene rings is 1. The van der Waals surface area contributed by atoms with Gasteiger partial charge in [0, 0.05) is 19.1 Å². The molecule has 3 rings (SSSR count). The zero-order valence-corrected chi connectivity index (χ0v) is 15.6. The van der Waals surface area contributed by atoms with Crippen LogP contribution in [0.5, 0.6) is 0 Å². The first-order valence-electron chi connectivity index (χ1n) is 7.97. The van der Waals surface area contributed by atoms with Crippen LogP contribution in [0.4, 0.5) is 4.79 Å². The molecule has 2 saturated heterocycles. The molecule has 3 heterocycles. The van der Waals surface area contributed by atoms with Gasteiger partial charge in [-0.15, -0.1) is 11.3 Å².